The molecule has 0 aliphatic carbocycles. The number of anilines is 1. The molecule has 1 amide bonds. The van der Waals surface area contributed by atoms with E-state index >= 15 is 0 Å². The van der Waals surface area contributed by atoms with Crippen LogP contribution in [0.15, 0.2) is 58.5 Å². The van der Waals surface area contributed by atoms with Gasteiger partial charge >= 0.3 is 0 Å². The highest BCUT2D eigenvalue weighted by Gasteiger charge is 2.18. The second-order valence-corrected chi connectivity index (χ2v) is 7.26. The molecule has 0 aliphatic heterocycles. The number of hydrogen-bond acceptors (Lipinski definition) is 4. The topological polar surface area (TPSA) is 70.5 Å². The first kappa shape index (κ1) is 18.2. The van der Waals surface area contributed by atoms with Crippen LogP contribution in [0.3, 0.4) is 0 Å². The van der Waals surface area contributed by atoms with Gasteiger partial charge < -0.3 is 14.6 Å². The van der Waals surface area contributed by atoms with Crippen molar-refractivity contribution in [1.82, 2.24) is 0 Å². The molecular weight excluding hydrogens is 370 g/mol. The normalized spacial score (nSPS) is 11.7. The highest BCUT2D eigenvalue weighted by Crippen LogP contribution is 2.20. The van der Waals surface area contributed by atoms with Crippen molar-refractivity contribution >= 4 is 34.5 Å². The van der Waals surface area contributed by atoms with E-state index in [1.165, 1.54) is 4.88 Å². The third-order valence-corrected chi connectivity index (χ3v) is 4.91. The molecule has 0 aliphatic rings. The van der Waals surface area contributed by atoms with Crippen LogP contribution in [0.4, 0.5) is 5.69 Å². The van der Waals surface area contributed by atoms with Crippen LogP contribution in [0.2, 0.25) is 5.02 Å². The monoisotopic (exact) mass is 386 g/mol. The number of nitrogens with zero attached hydrogens (tertiary/aromatic N) is 1. The molecular formula is C19H17ClN3O2S+. The van der Waals surface area contributed by atoms with Crippen molar-refractivity contribution in [3.05, 3.63) is 75.3 Å². The molecule has 2 N–H and O–H groups in total. The second-order valence-electron chi connectivity index (χ2n) is 5.79. The molecule has 1 unspecified atom stereocenters. The third-order valence-electron chi connectivity index (χ3n) is 3.80. The molecule has 3 aromatic rings. The molecule has 5 nitrogen and oxygen atoms in total. The molecule has 0 saturated carbocycles. The SMILES string of the molecule is N#Cc1ccc(Cl)cc1NC(=O)C[NH+](Cc1ccco1)Cc1cccs1. The summed E-state index contributed by atoms with van der Waals surface area (Å²) in [6.45, 7) is 1.56. The quantitative estimate of drug-likeness (QED) is 0.655. The lowest BCUT2D eigenvalue weighted by Crippen LogP contribution is -3.10. The number of nitriles is 1. The molecule has 1 atom stereocenters. The number of thiophene rings is 1. The number of halogens is 1. The van der Waals surface area contributed by atoms with Crippen molar-refractivity contribution in [2.75, 3.05) is 11.9 Å². The van der Waals surface area contributed by atoms with E-state index in [9.17, 15) is 10.1 Å². The van der Waals surface area contributed by atoms with Crippen LogP contribution in [-0.4, -0.2) is 12.5 Å². The van der Waals surface area contributed by atoms with Gasteiger partial charge in [0, 0.05) is 5.02 Å². The Hall–Kier alpha value is -2.59. The molecule has 0 radical (unpaired) electrons. The van der Waals surface area contributed by atoms with E-state index in [1.54, 1.807) is 35.8 Å². The molecule has 0 fully saturated rings. The minimum Gasteiger partial charge on any atom is -0.463 e. The molecule has 26 heavy (non-hydrogen) atoms. The van der Waals surface area contributed by atoms with Crippen LogP contribution < -0.4 is 10.2 Å². The Labute approximate surface area is 160 Å². The molecule has 0 bridgehead atoms. The number of furan rings is 1. The summed E-state index contributed by atoms with van der Waals surface area (Å²) in [5.74, 6) is 0.645. The minimum absolute atomic E-state index is 0.179. The van der Waals surface area contributed by atoms with Crippen molar-refractivity contribution in [3.63, 3.8) is 0 Å². The highest BCUT2D eigenvalue weighted by molar-refractivity contribution is 7.09. The maximum atomic E-state index is 12.5. The van der Waals surface area contributed by atoms with Crippen molar-refractivity contribution < 1.29 is 14.1 Å². The Bertz CT molecular complexity index is 865. The number of rotatable bonds is 7. The van der Waals surface area contributed by atoms with Crippen LogP contribution in [0.5, 0.6) is 0 Å². The minimum atomic E-state index is -0.179. The summed E-state index contributed by atoms with van der Waals surface area (Å²) in [4.78, 5) is 14.8. The number of amides is 1. The van der Waals surface area contributed by atoms with E-state index in [-0.39, 0.29) is 12.5 Å². The van der Waals surface area contributed by atoms with E-state index in [2.05, 4.69) is 17.5 Å². The van der Waals surface area contributed by atoms with E-state index in [4.69, 9.17) is 16.0 Å². The number of carbonyl (C=O) groups is 1. The average molecular weight is 387 g/mol. The summed E-state index contributed by atoms with van der Waals surface area (Å²) in [6.07, 6.45) is 1.63. The van der Waals surface area contributed by atoms with E-state index in [0.717, 1.165) is 10.7 Å². The third kappa shape index (κ3) is 4.96. The number of nitrogens with one attached hydrogen (secondary N) is 2. The van der Waals surface area contributed by atoms with Crippen LogP contribution >= 0.6 is 22.9 Å². The first-order valence-corrected chi connectivity index (χ1v) is 9.27. The maximum absolute atomic E-state index is 12.5. The predicted molar refractivity (Wildman–Crippen MR) is 101 cm³/mol. The Morgan fingerprint density at radius 1 is 1.27 bits per heavy atom. The smallest absolute Gasteiger partial charge is 0.279 e. The Balaban J connectivity index is 1.70. The molecule has 3 rings (SSSR count). The number of quaternary nitrogens is 1. The van der Waals surface area contributed by atoms with Gasteiger partial charge in [-0.2, -0.15) is 5.26 Å². The number of hydrogen-bond donors (Lipinski definition) is 2. The van der Waals surface area contributed by atoms with Crippen molar-refractivity contribution in [3.8, 4) is 6.07 Å². The molecule has 1 aromatic carbocycles. The lowest BCUT2D eigenvalue weighted by molar-refractivity contribution is -0.920. The fourth-order valence-corrected chi connectivity index (χ4v) is 3.59. The van der Waals surface area contributed by atoms with Gasteiger partial charge in [-0.15, -0.1) is 11.3 Å². The Morgan fingerprint density at radius 3 is 2.85 bits per heavy atom. The predicted octanol–water partition coefficient (Wildman–Crippen LogP) is 3.09. The van der Waals surface area contributed by atoms with Gasteiger partial charge in [0.25, 0.3) is 5.91 Å². The van der Waals surface area contributed by atoms with Crippen molar-refractivity contribution in [2.45, 2.75) is 13.1 Å². The standard InChI is InChI=1S/C19H16ClN3O2S/c20-15-6-5-14(10-21)18(9-15)22-19(24)13-23(11-16-3-1-7-25-16)12-17-4-2-8-26-17/h1-9H,11-13H2,(H,22,24)/p+1. The zero-order valence-electron chi connectivity index (χ0n) is 13.9. The molecule has 7 heteroatoms. The van der Waals surface area contributed by atoms with Gasteiger partial charge in [0.15, 0.2) is 12.3 Å². The fraction of sp³-hybridized carbons (Fsp3) is 0.158. The Kier molecular flexibility index (Phi) is 6.08. The lowest BCUT2D eigenvalue weighted by Gasteiger charge is -2.17. The van der Waals surface area contributed by atoms with Crippen molar-refractivity contribution in [2.24, 2.45) is 0 Å². The van der Waals surface area contributed by atoms with Gasteiger partial charge in [0.1, 0.15) is 19.2 Å². The summed E-state index contributed by atoms with van der Waals surface area (Å²) < 4.78 is 5.43. The largest absolute Gasteiger partial charge is 0.463 e. The van der Waals surface area contributed by atoms with Gasteiger partial charge in [-0.1, -0.05) is 17.7 Å². The van der Waals surface area contributed by atoms with E-state index in [0.29, 0.717) is 29.4 Å². The average Bonchev–Trinajstić information content (AvgIpc) is 3.29. The van der Waals surface area contributed by atoms with Gasteiger partial charge in [0.05, 0.1) is 22.4 Å². The molecule has 132 valence electrons. The Morgan fingerprint density at radius 2 is 2.15 bits per heavy atom. The summed E-state index contributed by atoms with van der Waals surface area (Å²) >= 11 is 7.64. The molecule has 2 aromatic heterocycles. The highest BCUT2D eigenvalue weighted by atomic mass is 35.5. The molecule has 0 saturated heterocycles. The fourth-order valence-electron chi connectivity index (χ4n) is 2.65. The van der Waals surface area contributed by atoms with Gasteiger partial charge in [-0.3, -0.25) is 4.79 Å². The van der Waals surface area contributed by atoms with Gasteiger partial charge in [-0.25, -0.2) is 0 Å². The molecule has 0 spiro atoms. The summed E-state index contributed by atoms with van der Waals surface area (Å²) in [6, 6.07) is 14.7. The summed E-state index contributed by atoms with van der Waals surface area (Å²) in [5, 5.41) is 14.5. The van der Waals surface area contributed by atoms with E-state index in [1.807, 2.05) is 23.6 Å². The van der Waals surface area contributed by atoms with Gasteiger partial charge in [0.2, 0.25) is 0 Å². The summed E-state index contributed by atoms with van der Waals surface area (Å²) in [7, 11) is 0. The molecule has 2 heterocycles. The number of benzene rings is 1. The first-order chi connectivity index (χ1) is 12.6. The summed E-state index contributed by atoms with van der Waals surface area (Å²) in [5.41, 5.74) is 0.812. The zero-order valence-corrected chi connectivity index (χ0v) is 15.4. The first-order valence-electron chi connectivity index (χ1n) is 8.02. The number of carbonyl (C=O) groups excluding carboxylic acids is 1. The lowest BCUT2D eigenvalue weighted by atomic mass is 10.2. The van der Waals surface area contributed by atoms with Gasteiger partial charge in [-0.05, 0) is 41.8 Å². The van der Waals surface area contributed by atoms with Crippen LogP contribution in [-0.2, 0) is 17.9 Å². The van der Waals surface area contributed by atoms with Crippen LogP contribution in [0.25, 0.3) is 0 Å². The maximum Gasteiger partial charge on any atom is 0.279 e. The van der Waals surface area contributed by atoms with E-state index < -0.39 is 0 Å². The zero-order chi connectivity index (χ0) is 18.4. The van der Waals surface area contributed by atoms with Crippen molar-refractivity contribution in [1.29, 1.82) is 5.26 Å². The van der Waals surface area contributed by atoms with Crippen LogP contribution in [0, 0.1) is 11.3 Å². The second kappa shape index (κ2) is 8.68. The van der Waals surface area contributed by atoms with Crippen LogP contribution in [0.1, 0.15) is 16.2 Å².